The Bertz CT molecular complexity index is 235. The van der Waals surface area contributed by atoms with Crippen molar-refractivity contribution in [3.63, 3.8) is 0 Å². The Hall–Kier alpha value is -0.570. The van der Waals surface area contributed by atoms with E-state index in [9.17, 15) is 4.79 Å². The van der Waals surface area contributed by atoms with Gasteiger partial charge < -0.3 is 11.1 Å². The number of nitrogens with one attached hydrogen (secondary N) is 1. The lowest BCUT2D eigenvalue weighted by molar-refractivity contribution is -0.122. The van der Waals surface area contributed by atoms with Crippen LogP contribution < -0.4 is 11.1 Å². The fourth-order valence-electron chi connectivity index (χ4n) is 2.75. The molecule has 1 aliphatic rings. The van der Waals surface area contributed by atoms with Gasteiger partial charge in [-0.15, -0.1) is 0 Å². The predicted octanol–water partition coefficient (Wildman–Crippen LogP) is 2.84. The highest BCUT2D eigenvalue weighted by atomic mass is 16.1. The standard InChI is InChI=1S/C15H30N2O/c1-12(11-16)9-10-15(18)17-13(2)14-7-5-3-4-6-8-14/h12-14H,3-11,16H2,1-2H3,(H,17,18)/t12?,13-/m0/s1. The first-order valence-electron chi connectivity index (χ1n) is 7.63. The van der Waals surface area contributed by atoms with E-state index < -0.39 is 0 Å². The quantitative estimate of drug-likeness (QED) is 0.716. The largest absolute Gasteiger partial charge is 0.353 e. The van der Waals surface area contributed by atoms with Gasteiger partial charge in [-0.25, -0.2) is 0 Å². The zero-order chi connectivity index (χ0) is 13.4. The molecular formula is C15H30N2O. The molecule has 1 rings (SSSR count). The van der Waals surface area contributed by atoms with Crippen LogP contribution in [0.3, 0.4) is 0 Å². The molecule has 0 saturated heterocycles. The smallest absolute Gasteiger partial charge is 0.220 e. The van der Waals surface area contributed by atoms with E-state index in [4.69, 9.17) is 5.73 Å². The van der Waals surface area contributed by atoms with Crippen molar-refractivity contribution in [2.24, 2.45) is 17.6 Å². The number of carbonyl (C=O) groups excluding carboxylic acids is 1. The Morgan fingerprint density at radius 3 is 2.39 bits per heavy atom. The normalized spacial score (nSPS) is 21.1. The summed E-state index contributed by atoms with van der Waals surface area (Å²) in [7, 11) is 0. The lowest BCUT2D eigenvalue weighted by atomic mass is 9.93. The average molecular weight is 254 g/mol. The Morgan fingerprint density at radius 2 is 1.83 bits per heavy atom. The maximum atomic E-state index is 11.9. The maximum Gasteiger partial charge on any atom is 0.220 e. The van der Waals surface area contributed by atoms with Crippen LogP contribution in [0.1, 0.15) is 65.2 Å². The number of nitrogens with two attached hydrogens (primary N) is 1. The molecular weight excluding hydrogens is 224 g/mol. The minimum atomic E-state index is 0.201. The van der Waals surface area contributed by atoms with Crippen molar-refractivity contribution in [2.75, 3.05) is 6.54 Å². The first kappa shape index (κ1) is 15.5. The van der Waals surface area contributed by atoms with Gasteiger partial charge in [0.25, 0.3) is 0 Å². The molecule has 3 nitrogen and oxygen atoms in total. The van der Waals surface area contributed by atoms with Gasteiger partial charge in [0.1, 0.15) is 0 Å². The van der Waals surface area contributed by atoms with Crippen molar-refractivity contribution in [3.05, 3.63) is 0 Å². The van der Waals surface area contributed by atoms with Crippen LogP contribution in [0.2, 0.25) is 0 Å². The number of hydrogen-bond acceptors (Lipinski definition) is 2. The fraction of sp³-hybridized carbons (Fsp3) is 0.933. The molecule has 2 atom stereocenters. The van der Waals surface area contributed by atoms with Gasteiger partial charge in [-0.3, -0.25) is 4.79 Å². The molecule has 0 aromatic rings. The summed E-state index contributed by atoms with van der Waals surface area (Å²) < 4.78 is 0. The van der Waals surface area contributed by atoms with Crippen LogP contribution in [0.5, 0.6) is 0 Å². The van der Waals surface area contributed by atoms with E-state index in [1.807, 2.05) is 0 Å². The van der Waals surface area contributed by atoms with Crippen LogP contribution in [-0.2, 0) is 4.79 Å². The molecule has 1 unspecified atom stereocenters. The third-order valence-electron chi connectivity index (χ3n) is 4.26. The van der Waals surface area contributed by atoms with Crippen LogP contribution in [0.25, 0.3) is 0 Å². The van der Waals surface area contributed by atoms with Crippen molar-refractivity contribution in [1.82, 2.24) is 5.32 Å². The number of amides is 1. The third-order valence-corrected chi connectivity index (χ3v) is 4.26. The second-order valence-corrected chi connectivity index (χ2v) is 5.99. The fourth-order valence-corrected chi connectivity index (χ4v) is 2.75. The van der Waals surface area contributed by atoms with Crippen molar-refractivity contribution in [2.45, 2.75) is 71.3 Å². The predicted molar refractivity (Wildman–Crippen MR) is 76.2 cm³/mol. The molecule has 3 heteroatoms. The second kappa shape index (κ2) is 8.52. The van der Waals surface area contributed by atoms with Crippen molar-refractivity contribution in [3.8, 4) is 0 Å². The van der Waals surface area contributed by atoms with E-state index in [0.29, 0.717) is 30.8 Å². The molecule has 1 aliphatic carbocycles. The Kier molecular flexibility index (Phi) is 7.33. The number of rotatable bonds is 6. The van der Waals surface area contributed by atoms with E-state index in [0.717, 1.165) is 6.42 Å². The van der Waals surface area contributed by atoms with E-state index in [1.54, 1.807) is 0 Å². The third kappa shape index (κ3) is 5.85. The number of hydrogen-bond donors (Lipinski definition) is 2. The highest BCUT2D eigenvalue weighted by Crippen LogP contribution is 2.25. The van der Waals surface area contributed by atoms with Gasteiger partial charge in [-0.05, 0) is 44.6 Å². The van der Waals surface area contributed by atoms with Crippen molar-refractivity contribution < 1.29 is 4.79 Å². The second-order valence-electron chi connectivity index (χ2n) is 5.99. The summed E-state index contributed by atoms with van der Waals surface area (Å²) in [5, 5.41) is 3.18. The van der Waals surface area contributed by atoms with Crippen LogP contribution in [0.4, 0.5) is 0 Å². The lowest BCUT2D eigenvalue weighted by Crippen LogP contribution is -2.38. The summed E-state index contributed by atoms with van der Waals surface area (Å²) in [6.07, 6.45) is 9.47. The highest BCUT2D eigenvalue weighted by molar-refractivity contribution is 5.76. The molecule has 1 saturated carbocycles. The van der Waals surface area contributed by atoms with Gasteiger partial charge in [0.2, 0.25) is 5.91 Å². The molecule has 0 aromatic heterocycles. The molecule has 0 aromatic carbocycles. The SMILES string of the molecule is CC(CN)CCC(=O)N[C@@H](C)C1CCCCCC1. The first-order chi connectivity index (χ1) is 8.63. The summed E-state index contributed by atoms with van der Waals surface area (Å²) in [5.74, 6) is 1.33. The van der Waals surface area contributed by atoms with E-state index in [2.05, 4.69) is 19.2 Å². The Morgan fingerprint density at radius 1 is 1.22 bits per heavy atom. The van der Waals surface area contributed by atoms with Crippen LogP contribution in [0, 0.1) is 11.8 Å². The minimum Gasteiger partial charge on any atom is -0.353 e. The van der Waals surface area contributed by atoms with Gasteiger partial charge in [0, 0.05) is 12.5 Å². The molecule has 0 spiro atoms. The van der Waals surface area contributed by atoms with Crippen molar-refractivity contribution >= 4 is 5.91 Å². The van der Waals surface area contributed by atoms with Crippen LogP contribution >= 0.6 is 0 Å². The molecule has 1 amide bonds. The van der Waals surface area contributed by atoms with E-state index in [1.165, 1.54) is 38.5 Å². The zero-order valence-corrected chi connectivity index (χ0v) is 12.1. The number of carbonyl (C=O) groups is 1. The summed E-state index contributed by atoms with van der Waals surface area (Å²) in [5.41, 5.74) is 5.56. The summed E-state index contributed by atoms with van der Waals surface area (Å²) in [4.78, 5) is 11.9. The van der Waals surface area contributed by atoms with Gasteiger partial charge in [-0.2, -0.15) is 0 Å². The molecule has 0 aliphatic heterocycles. The van der Waals surface area contributed by atoms with Gasteiger partial charge in [0.05, 0.1) is 0 Å². The first-order valence-corrected chi connectivity index (χ1v) is 7.63. The summed E-state index contributed by atoms with van der Waals surface area (Å²) >= 11 is 0. The molecule has 18 heavy (non-hydrogen) atoms. The van der Waals surface area contributed by atoms with Crippen molar-refractivity contribution in [1.29, 1.82) is 0 Å². The lowest BCUT2D eigenvalue weighted by Gasteiger charge is -2.23. The molecule has 0 bridgehead atoms. The molecule has 106 valence electrons. The van der Waals surface area contributed by atoms with Gasteiger partial charge in [-0.1, -0.05) is 32.6 Å². The zero-order valence-electron chi connectivity index (χ0n) is 12.1. The van der Waals surface area contributed by atoms with Gasteiger partial charge in [0.15, 0.2) is 0 Å². The summed E-state index contributed by atoms with van der Waals surface area (Å²) in [6, 6.07) is 0.337. The Balaban J connectivity index is 2.25. The van der Waals surface area contributed by atoms with Gasteiger partial charge >= 0.3 is 0 Å². The van der Waals surface area contributed by atoms with E-state index in [-0.39, 0.29) is 5.91 Å². The Labute approximate surface area is 112 Å². The van der Waals surface area contributed by atoms with Crippen LogP contribution in [-0.4, -0.2) is 18.5 Å². The molecule has 3 N–H and O–H groups in total. The highest BCUT2D eigenvalue weighted by Gasteiger charge is 2.20. The molecule has 1 fully saturated rings. The summed E-state index contributed by atoms with van der Waals surface area (Å²) in [6.45, 7) is 4.94. The average Bonchev–Trinajstić information content (AvgIpc) is 2.64. The topological polar surface area (TPSA) is 55.1 Å². The van der Waals surface area contributed by atoms with Crippen LogP contribution in [0.15, 0.2) is 0 Å². The maximum absolute atomic E-state index is 11.9. The molecule has 0 radical (unpaired) electrons. The minimum absolute atomic E-state index is 0.201. The van der Waals surface area contributed by atoms with E-state index >= 15 is 0 Å². The molecule has 0 heterocycles. The monoisotopic (exact) mass is 254 g/mol.